The van der Waals surface area contributed by atoms with Crippen molar-refractivity contribution >= 4 is 0 Å². The molecule has 1 nitrogen and oxygen atoms in total. The lowest BCUT2D eigenvalue weighted by Gasteiger charge is -2.35. The van der Waals surface area contributed by atoms with Gasteiger partial charge >= 0.3 is 0 Å². The van der Waals surface area contributed by atoms with Crippen LogP contribution in [0.1, 0.15) is 45.1 Å². The SMILES string of the molecule is CC(C)C1CCCCC1NCc1ccc(F)cc1F. The van der Waals surface area contributed by atoms with Crippen LogP contribution >= 0.6 is 0 Å². The summed E-state index contributed by atoms with van der Waals surface area (Å²) < 4.78 is 26.4. The van der Waals surface area contributed by atoms with Crippen LogP contribution in [0.4, 0.5) is 8.78 Å². The number of nitrogens with one attached hydrogen (secondary N) is 1. The molecule has 2 atom stereocenters. The van der Waals surface area contributed by atoms with Gasteiger partial charge in [0, 0.05) is 24.2 Å². The van der Waals surface area contributed by atoms with Gasteiger partial charge in [-0.1, -0.05) is 32.8 Å². The molecule has 0 aliphatic heterocycles. The van der Waals surface area contributed by atoms with Gasteiger partial charge in [0.25, 0.3) is 0 Å². The average molecular weight is 267 g/mol. The Kier molecular flexibility index (Phi) is 4.92. The minimum Gasteiger partial charge on any atom is -0.310 e. The van der Waals surface area contributed by atoms with Crippen LogP contribution in [0.25, 0.3) is 0 Å². The maximum atomic E-state index is 13.6. The molecule has 1 aliphatic rings. The lowest BCUT2D eigenvalue weighted by atomic mass is 9.78. The Labute approximate surface area is 114 Å². The molecule has 1 aliphatic carbocycles. The average Bonchev–Trinajstić information content (AvgIpc) is 2.38. The quantitative estimate of drug-likeness (QED) is 0.859. The van der Waals surface area contributed by atoms with Gasteiger partial charge in [-0.25, -0.2) is 8.78 Å². The maximum Gasteiger partial charge on any atom is 0.130 e. The van der Waals surface area contributed by atoms with Gasteiger partial charge in [-0.3, -0.25) is 0 Å². The first-order chi connectivity index (χ1) is 9.08. The minimum absolute atomic E-state index is 0.454. The van der Waals surface area contributed by atoms with Crippen LogP contribution in [-0.4, -0.2) is 6.04 Å². The Morgan fingerprint density at radius 1 is 1.21 bits per heavy atom. The zero-order valence-corrected chi connectivity index (χ0v) is 11.8. The Balaban J connectivity index is 1.96. The number of rotatable bonds is 4. The molecule has 0 spiro atoms. The Morgan fingerprint density at radius 2 is 1.95 bits per heavy atom. The fourth-order valence-corrected chi connectivity index (χ4v) is 3.12. The van der Waals surface area contributed by atoms with Gasteiger partial charge in [0.05, 0.1) is 0 Å². The smallest absolute Gasteiger partial charge is 0.130 e. The zero-order valence-electron chi connectivity index (χ0n) is 11.8. The van der Waals surface area contributed by atoms with E-state index in [1.165, 1.54) is 31.4 Å². The van der Waals surface area contributed by atoms with Crippen LogP contribution in [0.3, 0.4) is 0 Å². The summed E-state index contributed by atoms with van der Waals surface area (Å²) in [6.07, 6.45) is 4.95. The third-order valence-corrected chi connectivity index (χ3v) is 4.25. The van der Waals surface area contributed by atoms with Crippen molar-refractivity contribution in [2.75, 3.05) is 0 Å². The van der Waals surface area contributed by atoms with E-state index in [-0.39, 0.29) is 0 Å². The van der Waals surface area contributed by atoms with E-state index in [2.05, 4.69) is 19.2 Å². The predicted molar refractivity (Wildman–Crippen MR) is 73.8 cm³/mol. The first-order valence-electron chi connectivity index (χ1n) is 7.25. The molecule has 3 heteroatoms. The lowest BCUT2D eigenvalue weighted by molar-refractivity contribution is 0.204. The summed E-state index contributed by atoms with van der Waals surface area (Å²) in [4.78, 5) is 0. The van der Waals surface area contributed by atoms with Crippen molar-refractivity contribution in [3.05, 3.63) is 35.4 Å². The van der Waals surface area contributed by atoms with E-state index in [0.717, 1.165) is 12.5 Å². The van der Waals surface area contributed by atoms with E-state index in [1.54, 1.807) is 0 Å². The van der Waals surface area contributed by atoms with Gasteiger partial charge in [-0.2, -0.15) is 0 Å². The molecule has 1 aromatic rings. The summed E-state index contributed by atoms with van der Waals surface area (Å²) in [6.45, 7) is 4.99. The van der Waals surface area contributed by atoms with Gasteiger partial charge in [0.15, 0.2) is 0 Å². The van der Waals surface area contributed by atoms with Gasteiger partial charge in [-0.05, 0) is 30.7 Å². The number of hydrogen-bond donors (Lipinski definition) is 1. The van der Waals surface area contributed by atoms with E-state index in [1.807, 2.05) is 0 Å². The topological polar surface area (TPSA) is 12.0 Å². The van der Waals surface area contributed by atoms with Crippen LogP contribution in [0.15, 0.2) is 18.2 Å². The fourth-order valence-electron chi connectivity index (χ4n) is 3.12. The van der Waals surface area contributed by atoms with Gasteiger partial charge in [0.1, 0.15) is 11.6 Å². The molecule has 1 aromatic carbocycles. The molecule has 106 valence electrons. The largest absolute Gasteiger partial charge is 0.310 e. The number of halogens is 2. The summed E-state index contributed by atoms with van der Waals surface area (Å²) in [5.74, 6) is 0.344. The molecule has 0 aromatic heterocycles. The molecule has 0 amide bonds. The van der Waals surface area contributed by atoms with E-state index >= 15 is 0 Å². The number of benzene rings is 1. The van der Waals surface area contributed by atoms with Crippen molar-refractivity contribution in [2.24, 2.45) is 11.8 Å². The summed E-state index contributed by atoms with van der Waals surface area (Å²) in [5, 5.41) is 3.47. The summed E-state index contributed by atoms with van der Waals surface area (Å²) in [6, 6.07) is 4.27. The first-order valence-corrected chi connectivity index (χ1v) is 7.25. The predicted octanol–water partition coefficient (Wildman–Crippen LogP) is 4.27. The van der Waals surface area contributed by atoms with E-state index in [4.69, 9.17) is 0 Å². The van der Waals surface area contributed by atoms with Crippen LogP contribution in [0.5, 0.6) is 0 Å². The highest BCUT2D eigenvalue weighted by molar-refractivity contribution is 5.18. The normalized spacial score (nSPS) is 23.8. The van der Waals surface area contributed by atoms with Gasteiger partial charge in [0.2, 0.25) is 0 Å². The van der Waals surface area contributed by atoms with Crippen LogP contribution in [-0.2, 0) is 6.54 Å². The highest BCUT2D eigenvalue weighted by atomic mass is 19.1. The van der Waals surface area contributed by atoms with Crippen LogP contribution in [0, 0.1) is 23.5 Å². The second kappa shape index (κ2) is 6.47. The third kappa shape index (κ3) is 3.75. The summed E-state index contributed by atoms with van der Waals surface area (Å²) in [5.41, 5.74) is 0.550. The van der Waals surface area contributed by atoms with Gasteiger partial charge in [-0.15, -0.1) is 0 Å². The Hall–Kier alpha value is -0.960. The van der Waals surface area contributed by atoms with Crippen molar-refractivity contribution in [3.63, 3.8) is 0 Å². The molecular weight excluding hydrogens is 244 g/mol. The standard InChI is InChI=1S/C16H23F2N/c1-11(2)14-5-3-4-6-16(14)19-10-12-7-8-13(17)9-15(12)18/h7-9,11,14,16,19H,3-6,10H2,1-2H3. The Bertz CT molecular complexity index is 417. The monoisotopic (exact) mass is 267 g/mol. The molecule has 2 rings (SSSR count). The molecule has 1 N–H and O–H groups in total. The minimum atomic E-state index is -0.515. The van der Waals surface area contributed by atoms with Gasteiger partial charge < -0.3 is 5.32 Å². The molecular formula is C16H23F2N. The van der Waals surface area contributed by atoms with Crippen molar-refractivity contribution in [3.8, 4) is 0 Å². The molecule has 19 heavy (non-hydrogen) atoms. The van der Waals surface area contributed by atoms with Crippen LogP contribution < -0.4 is 5.32 Å². The second-order valence-electron chi connectivity index (χ2n) is 5.92. The fraction of sp³-hybridized carbons (Fsp3) is 0.625. The van der Waals surface area contributed by atoms with Crippen molar-refractivity contribution in [2.45, 2.75) is 52.1 Å². The highest BCUT2D eigenvalue weighted by Crippen LogP contribution is 2.30. The molecule has 1 fully saturated rings. The summed E-state index contributed by atoms with van der Waals surface area (Å²) in [7, 11) is 0. The molecule has 0 heterocycles. The van der Waals surface area contributed by atoms with E-state index in [9.17, 15) is 8.78 Å². The van der Waals surface area contributed by atoms with E-state index < -0.39 is 11.6 Å². The zero-order chi connectivity index (χ0) is 13.8. The second-order valence-corrected chi connectivity index (χ2v) is 5.92. The molecule has 0 bridgehead atoms. The van der Waals surface area contributed by atoms with E-state index in [0.29, 0.717) is 30.0 Å². The van der Waals surface area contributed by atoms with Crippen LogP contribution in [0.2, 0.25) is 0 Å². The summed E-state index contributed by atoms with van der Waals surface area (Å²) >= 11 is 0. The highest BCUT2D eigenvalue weighted by Gasteiger charge is 2.27. The molecule has 0 saturated heterocycles. The molecule has 0 radical (unpaired) electrons. The molecule has 2 unspecified atom stereocenters. The first kappa shape index (κ1) is 14.4. The third-order valence-electron chi connectivity index (χ3n) is 4.25. The van der Waals surface area contributed by atoms with Crippen molar-refractivity contribution in [1.29, 1.82) is 0 Å². The lowest BCUT2D eigenvalue weighted by Crippen LogP contribution is -2.40. The molecule has 1 saturated carbocycles. The maximum absolute atomic E-state index is 13.6. The Morgan fingerprint density at radius 3 is 2.63 bits per heavy atom. The van der Waals surface area contributed by atoms with Crippen molar-refractivity contribution in [1.82, 2.24) is 5.32 Å². The van der Waals surface area contributed by atoms with Crippen molar-refractivity contribution < 1.29 is 8.78 Å². The number of hydrogen-bond acceptors (Lipinski definition) is 1.